The Hall–Kier alpha value is -2.52. The maximum Gasteiger partial charge on any atom is 0.230 e. The van der Waals surface area contributed by atoms with Crippen molar-refractivity contribution in [3.63, 3.8) is 0 Å². The number of likely N-dealkylation sites (tertiary alicyclic amines) is 1. The maximum absolute atomic E-state index is 10.9. The van der Waals surface area contributed by atoms with E-state index in [4.69, 9.17) is 14.2 Å². The minimum atomic E-state index is -0.198. The van der Waals surface area contributed by atoms with Crippen LogP contribution in [0.25, 0.3) is 4.96 Å². The summed E-state index contributed by atoms with van der Waals surface area (Å²) in [6.07, 6.45) is 6.12. The third-order valence-electron chi connectivity index (χ3n) is 5.42. The SMILES string of the molecule is COc1ccc([C@@H](c2sc3ncnn3c2O)N2CCCCCC2)c(OC)c1OC. The van der Waals surface area contributed by atoms with Gasteiger partial charge in [-0.05, 0) is 38.1 Å². The van der Waals surface area contributed by atoms with E-state index in [1.807, 2.05) is 12.1 Å². The fraction of sp³-hybridized carbons (Fsp3) is 0.500. The molecule has 1 aliphatic rings. The lowest BCUT2D eigenvalue weighted by molar-refractivity contribution is 0.226. The summed E-state index contributed by atoms with van der Waals surface area (Å²) < 4.78 is 18.3. The quantitative estimate of drug-likeness (QED) is 0.656. The standard InChI is InChI=1S/C20H26N4O4S/c1-26-14-9-8-13(16(27-2)17(14)28-3)15(23-10-6-4-5-7-11-23)18-19(25)24-20(29-18)21-12-22-24/h8-9,12,15,25H,4-7,10-11H2,1-3H3/t15-/m0/s1. The highest BCUT2D eigenvalue weighted by molar-refractivity contribution is 7.17. The lowest BCUT2D eigenvalue weighted by atomic mass is 10.0. The van der Waals surface area contributed by atoms with Gasteiger partial charge in [0.25, 0.3) is 0 Å². The zero-order valence-corrected chi connectivity index (χ0v) is 17.7. The van der Waals surface area contributed by atoms with Crippen LogP contribution >= 0.6 is 11.3 Å². The second-order valence-electron chi connectivity index (χ2n) is 7.02. The minimum Gasteiger partial charge on any atom is -0.493 e. The van der Waals surface area contributed by atoms with Gasteiger partial charge in [0.2, 0.25) is 16.6 Å². The highest BCUT2D eigenvalue weighted by Gasteiger charge is 2.33. The van der Waals surface area contributed by atoms with E-state index in [0.29, 0.717) is 22.2 Å². The number of thiazole rings is 1. The number of fused-ring (bicyclic) bond motifs is 1. The molecule has 1 aromatic carbocycles. The summed E-state index contributed by atoms with van der Waals surface area (Å²) in [5, 5.41) is 15.1. The molecule has 1 atom stereocenters. The Kier molecular flexibility index (Phi) is 5.77. The molecule has 3 heterocycles. The lowest BCUT2D eigenvalue weighted by Gasteiger charge is -2.31. The highest BCUT2D eigenvalue weighted by atomic mass is 32.1. The molecular formula is C20H26N4O4S. The molecule has 1 aliphatic heterocycles. The van der Waals surface area contributed by atoms with Crippen LogP contribution in [0.15, 0.2) is 18.5 Å². The van der Waals surface area contributed by atoms with Crippen molar-refractivity contribution in [2.75, 3.05) is 34.4 Å². The van der Waals surface area contributed by atoms with Gasteiger partial charge < -0.3 is 19.3 Å². The Morgan fingerprint density at radius 3 is 2.34 bits per heavy atom. The lowest BCUT2D eigenvalue weighted by Crippen LogP contribution is -2.30. The zero-order chi connectivity index (χ0) is 20.4. The highest BCUT2D eigenvalue weighted by Crippen LogP contribution is 2.48. The van der Waals surface area contributed by atoms with Crippen molar-refractivity contribution in [2.45, 2.75) is 31.7 Å². The van der Waals surface area contributed by atoms with Crippen LogP contribution in [-0.4, -0.2) is 59.0 Å². The van der Waals surface area contributed by atoms with Gasteiger partial charge in [-0.1, -0.05) is 24.2 Å². The van der Waals surface area contributed by atoms with Crippen LogP contribution in [0.5, 0.6) is 23.1 Å². The number of methoxy groups -OCH3 is 3. The fourth-order valence-corrected chi connectivity index (χ4v) is 5.15. The molecule has 0 amide bonds. The number of nitrogens with zero attached hydrogens (tertiary/aromatic N) is 4. The van der Waals surface area contributed by atoms with Crippen molar-refractivity contribution >= 4 is 16.3 Å². The molecule has 29 heavy (non-hydrogen) atoms. The molecule has 0 spiro atoms. The van der Waals surface area contributed by atoms with Crippen LogP contribution in [0.2, 0.25) is 0 Å². The first kappa shape index (κ1) is 19.8. The van der Waals surface area contributed by atoms with Crippen LogP contribution in [0.3, 0.4) is 0 Å². The predicted octanol–water partition coefficient (Wildman–Crippen LogP) is 3.49. The van der Waals surface area contributed by atoms with Crippen LogP contribution in [0.4, 0.5) is 0 Å². The molecule has 9 heteroatoms. The summed E-state index contributed by atoms with van der Waals surface area (Å²) in [7, 11) is 4.84. The number of aromatic hydroxyl groups is 1. The van der Waals surface area contributed by atoms with Crippen LogP contribution < -0.4 is 14.2 Å². The molecule has 0 bridgehead atoms. The van der Waals surface area contributed by atoms with E-state index in [0.717, 1.165) is 36.4 Å². The third-order valence-corrected chi connectivity index (χ3v) is 6.51. The van der Waals surface area contributed by atoms with Crippen molar-refractivity contribution in [1.29, 1.82) is 0 Å². The van der Waals surface area contributed by atoms with Gasteiger partial charge in [0.15, 0.2) is 11.5 Å². The second kappa shape index (κ2) is 8.46. The molecule has 4 rings (SSSR count). The summed E-state index contributed by atoms with van der Waals surface area (Å²) in [6, 6.07) is 3.68. The number of ether oxygens (including phenoxy) is 3. The number of rotatable bonds is 6. The Morgan fingerprint density at radius 2 is 1.72 bits per heavy atom. The van der Waals surface area contributed by atoms with E-state index in [1.165, 1.54) is 35.0 Å². The largest absolute Gasteiger partial charge is 0.493 e. The summed E-state index contributed by atoms with van der Waals surface area (Å²) in [5.74, 6) is 1.88. The maximum atomic E-state index is 10.9. The Morgan fingerprint density at radius 1 is 1.00 bits per heavy atom. The van der Waals surface area contributed by atoms with E-state index in [9.17, 15) is 5.11 Å². The van der Waals surface area contributed by atoms with Crippen LogP contribution in [0.1, 0.15) is 42.2 Å². The van der Waals surface area contributed by atoms with Crippen molar-refractivity contribution < 1.29 is 19.3 Å². The molecule has 0 saturated carbocycles. The summed E-state index contributed by atoms with van der Waals surface area (Å²) in [6.45, 7) is 1.88. The van der Waals surface area contributed by atoms with Gasteiger partial charge in [0.05, 0.1) is 32.2 Å². The van der Waals surface area contributed by atoms with Gasteiger partial charge >= 0.3 is 0 Å². The molecule has 8 nitrogen and oxygen atoms in total. The Bertz CT molecular complexity index is 978. The van der Waals surface area contributed by atoms with Crippen molar-refractivity contribution in [1.82, 2.24) is 19.5 Å². The topological polar surface area (TPSA) is 81.4 Å². The normalized spacial score (nSPS) is 16.5. The first-order valence-electron chi connectivity index (χ1n) is 9.73. The van der Waals surface area contributed by atoms with E-state index < -0.39 is 0 Å². The van der Waals surface area contributed by atoms with Crippen LogP contribution in [-0.2, 0) is 0 Å². The van der Waals surface area contributed by atoms with Gasteiger partial charge in [-0.3, -0.25) is 4.90 Å². The zero-order valence-electron chi connectivity index (χ0n) is 16.9. The number of hydrogen-bond donors (Lipinski definition) is 1. The van der Waals surface area contributed by atoms with E-state index >= 15 is 0 Å². The molecule has 1 N–H and O–H groups in total. The molecular weight excluding hydrogens is 392 g/mol. The summed E-state index contributed by atoms with van der Waals surface area (Å²) >= 11 is 1.45. The third kappa shape index (κ3) is 3.49. The number of benzene rings is 1. The van der Waals surface area contributed by atoms with Gasteiger partial charge in [-0.25, -0.2) is 4.98 Å². The average molecular weight is 419 g/mol. The molecule has 0 radical (unpaired) electrons. The summed E-state index contributed by atoms with van der Waals surface area (Å²) in [4.78, 5) is 8.13. The second-order valence-corrected chi connectivity index (χ2v) is 8.03. The van der Waals surface area contributed by atoms with Crippen molar-refractivity contribution in [2.24, 2.45) is 0 Å². The average Bonchev–Trinajstić information content (AvgIpc) is 3.21. The van der Waals surface area contributed by atoms with Gasteiger partial charge in [0.1, 0.15) is 6.33 Å². The Balaban J connectivity index is 1.91. The molecule has 1 saturated heterocycles. The molecule has 0 unspecified atom stereocenters. The van der Waals surface area contributed by atoms with Crippen molar-refractivity contribution in [3.05, 3.63) is 28.9 Å². The van der Waals surface area contributed by atoms with Gasteiger partial charge in [-0.15, -0.1) is 0 Å². The van der Waals surface area contributed by atoms with E-state index in [1.54, 1.807) is 21.3 Å². The monoisotopic (exact) mass is 418 g/mol. The molecule has 3 aromatic rings. The Labute approximate surface area is 173 Å². The number of hydrogen-bond acceptors (Lipinski definition) is 8. The van der Waals surface area contributed by atoms with Crippen LogP contribution in [0, 0.1) is 0 Å². The first-order valence-corrected chi connectivity index (χ1v) is 10.6. The van der Waals surface area contributed by atoms with Gasteiger partial charge in [-0.2, -0.15) is 9.61 Å². The molecule has 1 fully saturated rings. The summed E-state index contributed by atoms with van der Waals surface area (Å²) in [5.41, 5.74) is 0.923. The van der Waals surface area contributed by atoms with Crippen molar-refractivity contribution in [3.8, 4) is 23.1 Å². The number of aromatic nitrogens is 3. The smallest absolute Gasteiger partial charge is 0.230 e. The minimum absolute atomic E-state index is 0.119. The predicted molar refractivity (Wildman–Crippen MR) is 111 cm³/mol. The van der Waals surface area contributed by atoms with E-state index in [-0.39, 0.29) is 11.9 Å². The van der Waals surface area contributed by atoms with Gasteiger partial charge in [0, 0.05) is 5.56 Å². The molecule has 156 valence electrons. The van der Waals surface area contributed by atoms with E-state index in [2.05, 4.69) is 15.0 Å². The molecule has 2 aromatic heterocycles. The molecule has 0 aliphatic carbocycles. The first-order chi connectivity index (χ1) is 14.2. The fourth-order valence-electron chi connectivity index (χ4n) is 4.07.